The Morgan fingerprint density at radius 1 is 1.27 bits per heavy atom. The van der Waals surface area contributed by atoms with Crippen LogP contribution in [0, 0.1) is 0 Å². The maximum absolute atomic E-state index is 11.5. The molecule has 0 radical (unpaired) electrons. The molecule has 22 heavy (non-hydrogen) atoms. The number of anilines is 2. The van der Waals surface area contributed by atoms with E-state index < -0.39 is 11.2 Å². The third-order valence-corrected chi connectivity index (χ3v) is 3.53. The molecule has 2 rings (SSSR count). The van der Waals surface area contributed by atoms with Crippen LogP contribution >= 0.6 is 0 Å². The van der Waals surface area contributed by atoms with Crippen LogP contribution in [0.5, 0.6) is 0 Å². The lowest BCUT2D eigenvalue weighted by Gasteiger charge is -2.19. The lowest BCUT2D eigenvalue weighted by molar-refractivity contribution is 0.798. The van der Waals surface area contributed by atoms with Gasteiger partial charge in [-0.1, -0.05) is 6.07 Å². The van der Waals surface area contributed by atoms with Crippen molar-refractivity contribution in [3.8, 4) is 0 Å². The zero-order valence-corrected chi connectivity index (χ0v) is 13.1. The van der Waals surface area contributed by atoms with Gasteiger partial charge in [-0.05, 0) is 25.5 Å². The number of hydrogen-bond donors (Lipinski definition) is 2. The first-order chi connectivity index (χ1) is 10.5. The van der Waals surface area contributed by atoms with E-state index in [0.29, 0.717) is 12.4 Å². The molecule has 0 aromatic carbocycles. The number of rotatable bonds is 6. The van der Waals surface area contributed by atoms with Crippen molar-refractivity contribution in [1.29, 1.82) is 0 Å². The van der Waals surface area contributed by atoms with Gasteiger partial charge in [0.15, 0.2) is 0 Å². The van der Waals surface area contributed by atoms with Crippen LogP contribution in [0.25, 0.3) is 0 Å². The van der Waals surface area contributed by atoms with E-state index in [4.69, 9.17) is 0 Å². The largest absolute Gasteiger partial charge is 0.367 e. The summed E-state index contributed by atoms with van der Waals surface area (Å²) >= 11 is 0. The quantitative estimate of drug-likeness (QED) is 0.829. The lowest BCUT2D eigenvalue weighted by atomic mass is 10.2. The Morgan fingerprint density at radius 3 is 2.59 bits per heavy atom. The highest BCUT2D eigenvalue weighted by Gasteiger charge is 2.04. The number of aromatic amines is 1. The highest BCUT2D eigenvalue weighted by atomic mass is 16.2. The Hall–Kier alpha value is -2.57. The summed E-state index contributed by atoms with van der Waals surface area (Å²) in [6.45, 7) is 6.50. The van der Waals surface area contributed by atoms with E-state index in [1.807, 2.05) is 12.1 Å². The van der Waals surface area contributed by atoms with E-state index >= 15 is 0 Å². The Balaban J connectivity index is 2.09. The summed E-state index contributed by atoms with van der Waals surface area (Å²) in [7, 11) is 1.60. The minimum absolute atomic E-state index is 0.416. The van der Waals surface area contributed by atoms with Gasteiger partial charge in [0.1, 0.15) is 11.6 Å². The molecule has 0 amide bonds. The van der Waals surface area contributed by atoms with Gasteiger partial charge in [-0.2, -0.15) is 0 Å². The molecule has 7 nitrogen and oxygen atoms in total. The predicted molar refractivity (Wildman–Crippen MR) is 87.4 cm³/mol. The molecule has 0 atom stereocenters. The molecule has 2 aromatic heterocycles. The second-order valence-electron chi connectivity index (χ2n) is 4.93. The van der Waals surface area contributed by atoms with Gasteiger partial charge in [0, 0.05) is 38.9 Å². The second kappa shape index (κ2) is 6.93. The van der Waals surface area contributed by atoms with Crippen LogP contribution in [0.15, 0.2) is 34.0 Å². The molecule has 7 heteroatoms. The smallest absolute Gasteiger partial charge is 0.329 e. The van der Waals surface area contributed by atoms with E-state index in [2.05, 4.69) is 34.0 Å². The van der Waals surface area contributed by atoms with Crippen molar-refractivity contribution in [2.75, 3.05) is 23.3 Å². The van der Waals surface area contributed by atoms with Crippen molar-refractivity contribution in [3.05, 3.63) is 50.8 Å². The highest BCUT2D eigenvalue weighted by molar-refractivity contribution is 5.40. The van der Waals surface area contributed by atoms with Crippen LogP contribution in [-0.2, 0) is 13.6 Å². The van der Waals surface area contributed by atoms with Crippen molar-refractivity contribution in [1.82, 2.24) is 14.5 Å². The van der Waals surface area contributed by atoms with Crippen molar-refractivity contribution < 1.29 is 0 Å². The Kier molecular flexibility index (Phi) is 4.98. The average Bonchev–Trinajstić information content (AvgIpc) is 2.52. The molecule has 0 aliphatic rings. The zero-order chi connectivity index (χ0) is 16.1. The molecule has 0 aliphatic heterocycles. The van der Waals surface area contributed by atoms with Gasteiger partial charge in [0.2, 0.25) is 0 Å². The number of pyridine rings is 1. The molecular formula is C15H21N5O2. The number of H-pyrrole nitrogens is 1. The Bertz CT molecular complexity index is 729. The maximum atomic E-state index is 11.5. The van der Waals surface area contributed by atoms with Gasteiger partial charge < -0.3 is 10.2 Å². The molecule has 0 aliphatic carbocycles. The van der Waals surface area contributed by atoms with E-state index in [1.165, 1.54) is 10.6 Å². The average molecular weight is 303 g/mol. The summed E-state index contributed by atoms with van der Waals surface area (Å²) in [5, 5.41) is 3.08. The Labute approximate surface area is 128 Å². The highest BCUT2D eigenvalue weighted by Crippen LogP contribution is 2.11. The molecule has 2 N–H and O–H groups in total. The van der Waals surface area contributed by atoms with Crippen LogP contribution in [0.1, 0.15) is 19.4 Å². The maximum Gasteiger partial charge on any atom is 0.329 e. The van der Waals surface area contributed by atoms with Crippen LogP contribution in [0.3, 0.4) is 0 Å². The van der Waals surface area contributed by atoms with Crippen LogP contribution in [0.4, 0.5) is 11.6 Å². The first-order valence-corrected chi connectivity index (χ1v) is 7.29. The molecule has 0 saturated carbocycles. The molecule has 118 valence electrons. The predicted octanol–water partition coefficient (Wildman–Crippen LogP) is 0.927. The molecule has 2 heterocycles. The molecule has 0 unspecified atom stereocenters. The standard InChI is InChI=1S/C15H21N5O2/c1-4-20(5-2)12-7-6-11(9-16-12)10-17-13-8-14(21)18-15(22)19(13)3/h6-9,17H,4-5,10H2,1-3H3,(H,18,21,22). The topological polar surface area (TPSA) is 83.0 Å². The van der Waals surface area contributed by atoms with Gasteiger partial charge in [-0.15, -0.1) is 0 Å². The monoisotopic (exact) mass is 303 g/mol. The minimum Gasteiger partial charge on any atom is -0.367 e. The number of aromatic nitrogens is 3. The first-order valence-electron chi connectivity index (χ1n) is 7.29. The number of nitrogens with one attached hydrogen (secondary N) is 2. The van der Waals surface area contributed by atoms with Gasteiger partial charge in [0.25, 0.3) is 5.56 Å². The molecule has 0 bridgehead atoms. The van der Waals surface area contributed by atoms with Crippen LogP contribution in [-0.4, -0.2) is 27.6 Å². The summed E-state index contributed by atoms with van der Waals surface area (Å²) in [5.74, 6) is 1.42. The summed E-state index contributed by atoms with van der Waals surface area (Å²) in [6, 6.07) is 5.32. The van der Waals surface area contributed by atoms with Crippen molar-refractivity contribution >= 4 is 11.6 Å². The van der Waals surface area contributed by atoms with Crippen molar-refractivity contribution in [2.45, 2.75) is 20.4 Å². The van der Waals surface area contributed by atoms with Crippen molar-refractivity contribution in [2.24, 2.45) is 7.05 Å². The van der Waals surface area contributed by atoms with Gasteiger partial charge >= 0.3 is 5.69 Å². The number of hydrogen-bond acceptors (Lipinski definition) is 5. The van der Waals surface area contributed by atoms with E-state index in [1.54, 1.807) is 13.2 Å². The molecular weight excluding hydrogens is 282 g/mol. The zero-order valence-electron chi connectivity index (χ0n) is 13.1. The fraction of sp³-hybridized carbons (Fsp3) is 0.400. The lowest BCUT2D eigenvalue weighted by Crippen LogP contribution is -2.29. The van der Waals surface area contributed by atoms with Crippen LogP contribution < -0.4 is 21.5 Å². The summed E-state index contributed by atoms with van der Waals surface area (Å²) in [5.41, 5.74) is 0.120. The van der Waals surface area contributed by atoms with Gasteiger partial charge in [0.05, 0.1) is 0 Å². The summed E-state index contributed by atoms with van der Waals surface area (Å²) < 4.78 is 1.36. The summed E-state index contributed by atoms with van der Waals surface area (Å²) in [4.78, 5) is 31.6. The summed E-state index contributed by atoms with van der Waals surface area (Å²) in [6.07, 6.45) is 1.80. The minimum atomic E-state index is -0.440. The third-order valence-electron chi connectivity index (χ3n) is 3.53. The molecule has 2 aromatic rings. The van der Waals surface area contributed by atoms with Gasteiger partial charge in [-0.3, -0.25) is 14.3 Å². The Morgan fingerprint density at radius 2 is 2.00 bits per heavy atom. The normalized spacial score (nSPS) is 10.5. The fourth-order valence-corrected chi connectivity index (χ4v) is 2.17. The molecule has 0 saturated heterocycles. The third kappa shape index (κ3) is 3.55. The second-order valence-corrected chi connectivity index (χ2v) is 4.93. The number of nitrogens with zero attached hydrogens (tertiary/aromatic N) is 3. The SMILES string of the molecule is CCN(CC)c1ccc(CNc2cc(=O)[nH]c(=O)n2C)cn1. The molecule has 0 fully saturated rings. The van der Waals surface area contributed by atoms with Crippen molar-refractivity contribution in [3.63, 3.8) is 0 Å². The van der Waals surface area contributed by atoms with E-state index in [9.17, 15) is 9.59 Å². The molecule has 0 spiro atoms. The first kappa shape index (κ1) is 15.8. The van der Waals surface area contributed by atoms with Crippen LogP contribution in [0.2, 0.25) is 0 Å². The van der Waals surface area contributed by atoms with Gasteiger partial charge in [-0.25, -0.2) is 9.78 Å². The van der Waals surface area contributed by atoms with E-state index in [-0.39, 0.29) is 0 Å². The fourth-order valence-electron chi connectivity index (χ4n) is 2.17. The van der Waals surface area contributed by atoms with E-state index in [0.717, 1.165) is 24.5 Å².